The van der Waals surface area contributed by atoms with E-state index in [9.17, 15) is 4.79 Å². The molecule has 112 valence electrons. The molecule has 0 amide bonds. The Morgan fingerprint density at radius 2 is 2.48 bits per heavy atom. The van der Waals surface area contributed by atoms with E-state index >= 15 is 0 Å². The molecule has 3 rings (SSSR count). The lowest BCUT2D eigenvalue weighted by atomic mass is 10.2. The maximum absolute atomic E-state index is 11.5. The van der Waals surface area contributed by atoms with Gasteiger partial charge in [0.15, 0.2) is 6.10 Å². The van der Waals surface area contributed by atoms with Gasteiger partial charge in [0.1, 0.15) is 0 Å². The molecular weight excluding hydrogens is 294 g/mol. The van der Waals surface area contributed by atoms with Gasteiger partial charge in [-0.25, -0.2) is 4.79 Å². The first kappa shape index (κ1) is 14.2. The Kier molecular flexibility index (Phi) is 4.28. The monoisotopic (exact) mass is 309 g/mol. The molecule has 0 bridgehead atoms. The first-order chi connectivity index (χ1) is 10.3. The zero-order valence-corrected chi connectivity index (χ0v) is 12.3. The number of thiophene rings is 1. The average Bonchev–Trinajstić information content (AvgIpc) is 3.17. The van der Waals surface area contributed by atoms with Gasteiger partial charge in [-0.1, -0.05) is 6.07 Å². The number of morpholine rings is 1. The van der Waals surface area contributed by atoms with E-state index in [0.717, 1.165) is 4.88 Å². The van der Waals surface area contributed by atoms with Gasteiger partial charge in [0.05, 0.1) is 25.1 Å². The molecule has 7 nitrogen and oxygen atoms in total. The van der Waals surface area contributed by atoms with Crippen LogP contribution in [0, 0.1) is 0 Å². The third kappa shape index (κ3) is 3.29. The molecule has 2 aromatic rings. The van der Waals surface area contributed by atoms with Gasteiger partial charge in [-0.05, 0) is 11.4 Å². The Morgan fingerprint density at radius 1 is 1.57 bits per heavy atom. The molecule has 1 aliphatic rings. The van der Waals surface area contributed by atoms with Crippen molar-refractivity contribution >= 4 is 17.3 Å². The van der Waals surface area contributed by atoms with E-state index in [4.69, 9.17) is 13.9 Å². The maximum atomic E-state index is 11.5. The number of hydrogen-bond acceptors (Lipinski definition) is 8. The molecule has 21 heavy (non-hydrogen) atoms. The second-order valence-corrected chi connectivity index (χ2v) is 5.54. The highest BCUT2D eigenvalue weighted by Crippen LogP contribution is 2.23. The Balaban J connectivity index is 1.62. The summed E-state index contributed by atoms with van der Waals surface area (Å²) in [5, 5.41) is 10.0. The number of ether oxygens (including phenoxy) is 2. The number of nitrogens with zero attached hydrogens (tertiary/aromatic N) is 3. The van der Waals surface area contributed by atoms with Crippen molar-refractivity contribution in [1.82, 2.24) is 15.1 Å². The fourth-order valence-electron chi connectivity index (χ4n) is 2.13. The normalized spacial score (nSPS) is 19.6. The summed E-state index contributed by atoms with van der Waals surface area (Å²) in [6.07, 6.45) is -0.552. The van der Waals surface area contributed by atoms with Gasteiger partial charge in [0.2, 0.25) is 5.89 Å². The third-order valence-electron chi connectivity index (χ3n) is 3.17. The van der Waals surface area contributed by atoms with E-state index in [0.29, 0.717) is 38.0 Å². The highest BCUT2D eigenvalue weighted by molar-refractivity contribution is 7.13. The first-order valence-electron chi connectivity index (χ1n) is 6.54. The van der Waals surface area contributed by atoms with E-state index in [1.165, 1.54) is 7.11 Å². The second-order valence-electron chi connectivity index (χ2n) is 4.60. The number of rotatable bonds is 4. The Bertz CT molecular complexity index is 598. The number of esters is 1. The summed E-state index contributed by atoms with van der Waals surface area (Å²) in [5.74, 6) is 0.700. The lowest BCUT2D eigenvalue weighted by Gasteiger charge is -2.30. The van der Waals surface area contributed by atoms with Gasteiger partial charge in [-0.2, -0.15) is 0 Å². The van der Waals surface area contributed by atoms with Crippen molar-refractivity contribution in [2.45, 2.75) is 12.6 Å². The summed E-state index contributed by atoms with van der Waals surface area (Å²) in [6, 6.07) is 3.87. The van der Waals surface area contributed by atoms with Gasteiger partial charge in [0.25, 0.3) is 5.89 Å². The molecular formula is C13H15N3O4S. The van der Waals surface area contributed by atoms with Crippen molar-refractivity contribution in [3.05, 3.63) is 23.4 Å². The predicted molar refractivity (Wildman–Crippen MR) is 74.6 cm³/mol. The summed E-state index contributed by atoms with van der Waals surface area (Å²) >= 11 is 1.55. The van der Waals surface area contributed by atoms with Crippen LogP contribution < -0.4 is 0 Å². The lowest BCUT2D eigenvalue weighted by molar-refractivity contribution is -0.160. The zero-order valence-electron chi connectivity index (χ0n) is 11.5. The number of aromatic nitrogens is 2. The van der Waals surface area contributed by atoms with Crippen LogP contribution in [0.3, 0.4) is 0 Å². The minimum Gasteiger partial charge on any atom is -0.467 e. The van der Waals surface area contributed by atoms with Gasteiger partial charge < -0.3 is 13.9 Å². The van der Waals surface area contributed by atoms with E-state index in [1.54, 1.807) is 11.3 Å². The number of carbonyl (C=O) groups excluding carboxylic acids is 1. The summed E-state index contributed by atoms with van der Waals surface area (Å²) in [7, 11) is 1.36. The molecule has 1 unspecified atom stereocenters. The smallest absolute Gasteiger partial charge is 0.336 e. The zero-order chi connectivity index (χ0) is 14.7. The van der Waals surface area contributed by atoms with Crippen LogP contribution in [0.2, 0.25) is 0 Å². The quantitative estimate of drug-likeness (QED) is 0.785. The van der Waals surface area contributed by atoms with Crippen LogP contribution in [-0.2, 0) is 20.8 Å². The van der Waals surface area contributed by atoms with Crippen LogP contribution in [0.15, 0.2) is 21.9 Å². The first-order valence-corrected chi connectivity index (χ1v) is 7.42. The minimum atomic E-state index is -0.552. The van der Waals surface area contributed by atoms with E-state index < -0.39 is 6.10 Å². The molecule has 3 heterocycles. The summed E-state index contributed by atoms with van der Waals surface area (Å²) in [4.78, 5) is 14.5. The Labute approximate surface area is 125 Å². The van der Waals surface area contributed by atoms with E-state index in [-0.39, 0.29) is 5.97 Å². The van der Waals surface area contributed by atoms with Crippen LogP contribution in [0.1, 0.15) is 5.89 Å². The molecule has 1 saturated heterocycles. The molecule has 0 radical (unpaired) electrons. The largest absolute Gasteiger partial charge is 0.467 e. The van der Waals surface area contributed by atoms with Crippen molar-refractivity contribution in [2.24, 2.45) is 0 Å². The van der Waals surface area contributed by atoms with Crippen molar-refractivity contribution in [2.75, 3.05) is 26.8 Å². The Hall–Kier alpha value is -1.77. The average molecular weight is 309 g/mol. The fourth-order valence-corrected chi connectivity index (χ4v) is 2.77. The fraction of sp³-hybridized carbons (Fsp3) is 0.462. The lowest BCUT2D eigenvalue weighted by Crippen LogP contribution is -2.46. The molecule has 0 N–H and O–H groups in total. The second kappa shape index (κ2) is 6.33. The molecule has 0 saturated carbocycles. The van der Waals surface area contributed by atoms with Crippen molar-refractivity contribution in [1.29, 1.82) is 0 Å². The third-order valence-corrected chi connectivity index (χ3v) is 4.03. The predicted octanol–water partition coefficient (Wildman–Crippen LogP) is 1.17. The standard InChI is InChI=1S/C13H15N3O4S/c1-18-13(17)9-7-16(4-5-19-9)8-11-14-15-12(20-11)10-3-2-6-21-10/h2-3,6,9H,4-5,7-8H2,1H3. The molecule has 0 aliphatic carbocycles. The number of methoxy groups -OCH3 is 1. The molecule has 1 fully saturated rings. The molecule has 0 spiro atoms. The van der Waals surface area contributed by atoms with Crippen LogP contribution in [0.5, 0.6) is 0 Å². The van der Waals surface area contributed by atoms with Crippen molar-refractivity contribution in [3.63, 3.8) is 0 Å². The van der Waals surface area contributed by atoms with Gasteiger partial charge >= 0.3 is 5.97 Å². The summed E-state index contributed by atoms with van der Waals surface area (Å²) < 4.78 is 15.7. The number of hydrogen-bond donors (Lipinski definition) is 0. The molecule has 1 atom stereocenters. The van der Waals surface area contributed by atoms with E-state index in [1.807, 2.05) is 22.4 Å². The molecule has 2 aromatic heterocycles. The maximum Gasteiger partial charge on any atom is 0.336 e. The number of carbonyl (C=O) groups is 1. The molecule has 0 aromatic carbocycles. The molecule has 1 aliphatic heterocycles. The van der Waals surface area contributed by atoms with Crippen LogP contribution in [0.25, 0.3) is 10.8 Å². The topological polar surface area (TPSA) is 77.7 Å². The van der Waals surface area contributed by atoms with Crippen LogP contribution >= 0.6 is 11.3 Å². The van der Waals surface area contributed by atoms with Crippen LogP contribution in [-0.4, -0.2) is 54.0 Å². The van der Waals surface area contributed by atoms with Gasteiger partial charge in [-0.15, -0.1) is 21.5 Å². The van der Waals surface area contributed by atoms with Crippen LogP contribution in [0.4, 0.5) is 0 Å². The summed E-state index contributed by atoms with van der Waals surface area (Å²) in [5.41, 5.74) is 0. The van der Waals surface area contributed by atoms with Crippen molar-refractivity contribution in [3.8, 4) is 10.8 Å². The highest BCUT2D eigenvalue weighted by atomic mass is 32.1. The molecule has 8 heteroatoms. The summed E-state index contributed by atoms with van der Waals surface area (Å²) in [6.45, 7) is 2.15. The van der Waals surface area contributed by atoms with Gasteiger partial charge in [-0.3, -0.25) is 4.90 Å². The minimum absolute atomic E-state index is 0.357. The SMILES string of the molecule is COC(=O)C1CN(Cc2nnc(-c3cccs3)o2)CCO1. The van der Waals surface area contributed by atoms with Crippen molar-refractivity contribution < 1.29 is 18.7 Å². The van der Waals surface area contributed by atoms with E-state index in [2.05, 4.69) is 10.2 Å². The van der Waals surface area contributed by atoms with Gasteiger partial charge in [0, 0.05) is 13.1 Å². The highest BCUT2D eigenvalue weighted by Gasteiger charge is 2.28. The Morgan fingerprint density at radius 3 is 3.24 bits per heavy atom.